The fourth-order valence-electron chi connectivity index (χ4n) is 2.16. The normalized spacial score (nSPS) is 11.9. The highest BCUT2D eigenvalue weighted by Crippen LogP contribution is 2.29. The summed E-state index contributed by atoms with van der Waals surface area (Å²) in [6.45, 7) is 8.67. The Morgan fingerprint density at radius 3 is 2.19 bits per heavy atom. The van der Waals surface area contributed by atoms with Crippen LogP contribution < -0.4 is 5.32 Å². The van der Waals surface area contributed by atoms with Crippen LogP contribution in [-0.4, -0.2) is 19.0 Å². The molecule has 0 aliphatic heterocycles. The lowest BCUT2D eigenvalue weighted by Gasteiger charge is -2.15. The zero-order valence-corrected chi connectivity index (χ0v) is 14.6. The number of nitrogens with one attached hydrogen (secondary N) is 1. The number of nitrogens with zero attached hydrogens (tertiary/aromatic N) is 1. The van der Waals surface area contributed by atoms with Gasteiger partial charge in [0.2, 0.25) is 0 Å². The molecule has 0 fully saturated rings. The minimum absolute atomic E-state index is 0.247. The zero-order valence-electron chi connectivity index (χ0n) is 13.7. The second kappa shape index (κ2) is 6.63. The number of benzene rings is 1. The molecule has 2 nitrogen and oxygen atoms in total. The van der Waals surface area contributed by atoms with E-state index >= 15 is 0 Å². The second-order valence-electron chi connectivity index (χ2n) is 6.80. The van der Waals surface area contributed by atoms with Gasteiger partial charge < -0.3 is 10.2 Å². The highest BCUT2D eigenvalue weighted by Gasteiger charge is 2.15. The Labute approximate surface area is 132 Å². The summed E-state index contributed by atoms with van der Waals surface area (Å²) in [6.07, 6.45) is 0. The smallest absolute Gasteiger partial charge is 0.0494 e. The van der Waals surface area contributed by atoms with Crippen molar-refractivity contribution in [2.24, 2.45) is 0 Å². The van der Waals surface area contributed by atoms with Crippen LogP contribution in [0.4, 0.5) is 5.69 Å². The van der Waals surface area contributed by atoms with E-state index in [2.05, 4.69) is 81.5 Å². The van der Waals surface area contributed by atoms with Gasteiger partial charge in [-0.05, 0) is 49.3 Å². The third-order valence-corrected chi connectivity index (χ3v) is 4.83. The molecule has 0 atom stereocenters. The van der Waals surface area contributed by atoms with Gasteiger partial charge >= 0.3 is 0 Å². The van der Waals surface area contributed by atoms with E-state index in [1.807, 2.05) is 11.3 Å². The summed E-state index contributed by atoms with van der Waals surface area (Å²) in [7, 11) is 4.19. The topological polar surface area (TPSA) is 15.3 Å². The van der Waals surface area contributed by atoms with Crippen LogP contribution >= 0.6 is 11.3 Å². The molecule has 2 rings (SSSR count). The predicted octanol–water partition coefficient (Wildman–Crippen LogP) is 4.72. The average molecular weight is 302 g/mol. The van der Waals surface area contributed by atoms with E-state index in [-0.39, 0.29) is 5.41 Å². The van der Waals surface area contributed by atoms with Gasteiger partial charge in [0.15, 0.2) is 0 Å². The Bertz CT molecular complexity index is 562. The maximum atomic E-state index is 3.50. The summed E-state index contributed by atoms with van der Waals surface area (Å²) < 4.78 is 0. The summed E-state index contributed by atoms with van der Waals surface area (Å²) in [6, 6.07) is 13.2. The van der Waals surface area contributed by atoms with Crippen molar-refractivity contribution in [2.45, 2.75) is 39.3 Å². The molecule has 3 heteroatoms. The van der Waals surface area contributed by atoms with Crippen molar-refractivity contribution in [3.63, 3.8) is 0 Å². The third-order valence-electron chi connectivity index (χ3n) is 3.32. The van der Waals surface area contributed by atoms with Crippen LogP contribution in [0.3, 0.4) is 0 Å². The highest BCUT2D eigenvalue weighted by atomic mass is 32.1. The molecule has 1 heterocycles. The van der Waals surface area contributed by atoms with Gasteiger partial charge in [-0.2, -0.15) is 0 Å². The van der Waals surface area contributed by atoms with Crippen LogP contribution in [0.15, 0.2) is 36.4 Å². The molecule has 0 saturated carbocycles. The quantitative estimate of drug-likeness (QED) is 0.859. The first kappa shape index (κ1) is 16.1. The van der Waals surface area contributed by atoms with Gasteiger partial charge in [-0.3, -0.25) is 0 Å². The van der Waals surface area contributed by atoms with Crippen molar-refractivity contribution in [2.75, 3.05) is 19.4 Å². The Morgan fingerprint density at radius 2 is 1.67 bits per heavy atom. The summed E-state index contributed by atoms with van der Waals surface area (Å²) in [4.78, 5) is 5.01. The largest absolute Gasteiger partial charge is 0.380 e. The van der Waals surface area contributed by atoms with Crippen LogP contribution in [0, 0.1) is 0 Å². The molecule has 0 bridgehead atoms. The molecule has 2 aromatic rings. The van der Waals surface area contributed by atoms with Gasteiger partial charge in [-0.1, -0.05) is 32.9 Å². The lowest BCUT2D eigenvalue weighted by Crippen LogP contribution is -2.10. The van der Waals surface area contributed by atoms with E-state index in [0.717, 1.165) is 13.1 Å². The Kier molecular flexibility index (Phi) is 5.07. The Balaban J connectivity index is 1.92. The van der Waals surface area contributed by atoms with Crippen molar-refractivity contribution in [3.8, 4) is 0 Å². The number of rotatable bonds is 5. The predicted molar refractivity (Wildman–Crippen MR) is 94.2 cm³/mol. The van der Waals surface area contributed by atoms with Crippen LogP contribution in [0.1, 0.15) is 36.1 Å². The Morgan fingerprint density at radius 1 is 1.00 bits per heavy atom. The van der Waals surface area contributed by atoms with Crippen molar-refractivity contribution < 1.29 is 0 Å². The molecule has 0 aliphatic rings. The summed E-state index contributed by atoms with van der Waals surface area (Å²) >= 11 is 1.90. The maximum Gasteiger partial charge on any atom is 0.0494 e. The standard InChI is InChI=1S/C18H26N2S/c1-18(2,3)17-11-10-16(21-17)12-19-15-8-6-14(7-9-15)13-20(4)5/h6-11,19H,12-13H2,1-5H3. The lowest BCUT2D eigenvalue weighted by molar-refractivity contribution is 0.402. The van der Waals surface area contributed by atoms with Crippen molar-refractivity contribution in [1.82, 2.24) is 4.90 Å². The van der Waals surface area contributed by atoms with Gasteiger partial charge in [-0.25, -0.2) is 0 Å². The van der Waals surface area contributed by atoms with Crippen LogP contribution in [-0.2, 0) is 18.5 Å². The molecule has 1 aromatic carbocycles. The molecule has 0 radical (unpaired) electrons. The van der Waals surface area contributed by atoms with E-state index in [0.29, 0.717) is 0 Å². The number of thiophene rings is 1. The molecule has 0 aliphatic carbocycles. The molecule has 0 saturated heterocycles. The van der Waals surface area contributed by atoms with Crippen LogP contribution in [0.2, 0.25) is 0 Å². The fourth-order valence-corrected chi connectivity index (χ4v) is 3.16. The van der Waals surface area contributed by atoms with Gasteiger partial charge in [0.25, 0.3) is 0 Å². The summed E-state index contributed by atoms with van der Waals surface area (Å²) in [5.74, 6) is 0. The minimum atomic E-state index is 0.247. The van der Waals surface area contributed by atoms with Crippen LogP contribution in [0.25, 0.3) is 0 Å². The SMILES string of the molecule is CN(C)Cc1ccc(NCc2ccc(C(C)(C)C)s2)cc1. The Hall–Kier alpha value is -1.32. The first-order chi connectivity index (χ1) is 9.84. The van der Waals surface area contributed by atoms with Gasteiger partial charge in [-0.15, -0.1) is 11.3 Å². The third kappa shape index (κ3) is 4.87. The van der Waals surface area contributed by atoms with E-state index < -0.39 is 0 Å². The molecule has 1 aromatic heterocycles. The molecular weight excluding hydrogens is 276 g/mol. The monoisotopic (exact) mass is 302 g/mol. The summed E-state index contributed by atoms with van der Waals surface area (Å²) in [5.41, 5.74) is 2.77. The maximum absolute atomic E-state index is 3.50. The molecule has 114 valence electrons. The first-order valence-corrected chi connectivity index (χ1v) is 8.23. The number of hydrogen-bond donors (Lipinski definition) is 1. The van der Waals surface area contributed by atoms with E-state index in [1.54, 1.807) is 0 Å². The number of hydrogen-bond acceptors (Lipinski definition) is 3. The minimum Gasteiger partial charge on any atom is -0.380 e. The van der Waals surface area contributed by atoms with Crippen LogP contribution in [0.5, 0.6) is 0 Å². The van der Waals surface area contributed by atoms with Gasteiger partial charge in [0.1, 0.15) is 0 Å². The molecular formula is C18H26N2S. The summed E-state index contributed by atoms with van der Waals surface area (Å²) in [5, 5.41) is 3.50. The van der Waals surface area contributed by atoms with Crippen molar-refractivity contribution in [3.05, 3.63) is 51.7 Å². The van der Waals surface area contributed by atoms with Crippen molar-refractivity contribution >= 4 is 17.0 Å². The first-order valence-electron chi connectivity index (χ1n) is 7.41. The van der Waals surface area contributed by atoms with E-state index in [1.165, 1.54) is 21.0 Å². The molecule has 1 N–H and O–H groups in total. The van der Waals surface area contributed by atoms with E-state index in [9.17, 15) is 0 Å². The average Bonchev–Trinajstić information content (AvgIpc) is 2.86. The fraction of sp³-hybridized carbons (Fsp3) is 0.444. The molecule has 21 heavy (non-hydrogen) atoms. The van der Waals surface area contributed by atoms with E-state index in [4.69, 9.17) is 0 Å². The highest BCUT2D eigenvalue weighted by molar-refractivity contribution is 7.12. The molecule has 0 amide bonds. The molecule has 0 unspecified atom stereocenters. The number of anilines is 1. The van der Waals surface area contributed by atoms with Gasteiger partial charge in [0, 0.05) is 28.5 Å². The van der Waals surface area contributed by atoms with Gasteiger partial charge in [0.05, 0.1) is 0 Å². The molecule has 0 spiro atoms. The second-order valence-corrected chi connectivity index (χ2v) is 7.97. The van der Waals surface area contributed by atoms with Crippen molar-refractivity contribution in [1.29, 1.82) is 0 Å². The zero-order chi connectivity index (χ0) is 15.5. The lowest BCUT2D eigenvalue weighted by atomic mass is 9.95.